The fourth-order valence-electron chi connectivity index (χ4n) is 2.01. The number of aliphatic hydroxyl groups excluding tert-OH is 1. The summed E-state index contributed by atoms with van der Waals surface area (Å²) in [4.78, 5) is 14.0. The second kappa shape index (κ2) is 8.12. The van der Waals surface area contributed by atoms with Crippen molar-refractivity contribution in [3.05, 3.63) is 53.0 Å². The minimum Gasteiger partial charge on any atom is -0.513 e. The van der Waals surface area contributed by atoms with E-state index in [2.05, 4.69) is 15.0 Å². The third-order valence-corrected chi connectivity index (χ3v) is 4.76. The van der Waals surface area contributed by atoms with Crippen molar-refractivity contribution < 1.29 is 9.32 Å². The molecule has 2 aromatic rings. The molecule has 126 valence electrons. The highest BCUT2D eigenvalue weighted by Crippen LogP contribution is 2.33. The van der Waals surface area contributed by atoms with E-state index in [1.54, 1.807) is 37.6 Å². The highest BCUT2D eigenvalue weighted by Gasteiger charge is 2.16. The lowest BCUT2D eigenvalue weighted by Crippen LogP contribution is -1.98. The van der Waals surface area contributed by atoms with Gasteiger partial charge in [-0.3, -0.25) is 4.21 Å². The average Bonchev–Trinajstić information content (AvgIpc) is 2.93. The maximum absolute atomic E-state index is 11.6. The largest absolute Gasteiger partial charge is 0.513 e. The van der Waals surface area contributed by atoms with Crippen LogP contribution in [0.5, 0.6) is 0 Å². The summed E-state index contributed by atoms with van der Waals surface area (Å²) in [5.74, 6) is 0.238. The third kappa shape index (κ3) is 4.46. The lowest BCUT2D eigenvalue weighted by Gasteiger charge is -2.04. The van der Waals surface area contributed by atoms with E-state index in [9.17, 15) is 9.32 Å². The lowest BCUT2D eigenvalue weighted by atomic mass is 10.1. The first-order valence-electron chi connectivity index (χ1n) is 7.27. The van der Waals surface area contributed by atoms with Crippen LogP contribution in [-0.4, -0.2) is 30.5 Å². The molecule has 0 aliphatic carbocycles. The number of rotatable bonds is 5. The van der Waals surface area contributed by atoms with Gasteiger partial charge in [0, 0.05) is 12.5 Å². The Hall–Kier alpha value is -2.12. The van der Waals surface area contributed by atoms with Crippen LogP contribution in [-0.2, 0) is 10.8 Å². The summed E-state index contributed by atoms with van der Waals surface area (Å²) in [6.45, 7) is 5.48. The topological polar surface area (TPSA) is 76.0 Å². The van der Waals surface area contributed by atoms with Crippen molar-refractivity contribution in [2.24, 2.45) is 0 Å². The number of hydrogen-bond donors (Lipinski definition) is 1. The summed E-state index contributed by atoms with van der Waals surface area (Å²) in [6.07, 6.45) is 10.4. The third-order valence-electron chi connectivity index (χ3n) is 3.05. The van der Waals surface area contributed by atoms with Gasteiger partial charge in [-0.25, -0.2) is 15.0 Å². The van der Waals surface area contributed by atoms with Crippen LogP contribution in [0.1, 0.15) is 24.5 Å². The summed E-state index contributed by atoms with van der Waals surface area (Å²) in [5, 5.41) is 10.5. The maximum atomic E-state index is 11.6. The van der Waals surface area contributed by atoms with Crippen LogP contribution in [0.4, 0.5) is 0 Å². The molecule has 0 aromatic carbocycles. The number of allylic oxidation sites excluding steroid dienone is 6. The van der Waals surface area contributed by atoms with E-state index in [4.69, 9.17) is 0 Å². The van der Waals surface area contributed by atoms with Gasteiger partial charge in [-0.2, -0.15) is 0 Å². The van der Waals surface area contributed by atoms with Gasteiger partial charge in [0.1, 0.15) is 0 Å². The first-order valence-corrected chi connectivity index (χ1v) is 9.64. The standard InChI is InChI=1S/C17H19N3O2S2/c1-5-13(8-6-7-11(2)21)15-16(23-12(3)19-15)14-9-10-18-17(20-14)24(4)22/h5-10,21H,1-4H3/b8-6-,11-7+,13-5+. The van der Waals surface area contributed by atoms with Crippen LogP contribution >= 0.6 is 11.3 Å². The number of hydrogen-bond acceptors (Lipinski definition) is 6. The van der Waals surface area contributed by atoms with E-state index in [0.29, 0.717) is 10.9 Å². The minimum absolute atomic E-state index is 0.238. The molecule has 2 rings (SSSR count). The summed E-state index contributed by atoms with van der Waals surface area (Å²) < 4.78 is 11.6. The molecule has 0 fully saturated rings. The molecule has 2 aromatic heterocycles. The minimum atomic E-state index is -1.24. The molecular formula is C17H19N3O2S2. The number of aliphatic hydroxyl groups is 1. The predicted molar refractivity (Wildman–Crippen MR) is 99.4 cm³/mol. The Kier molecular flexibility index (Phi) is 6.16. The quantitative estimate of drug-likeness (QED) is 0.493. The van der Waals surface area contributed by atoms with Crippen molar-refractivity contribution in [3.63, 3.8) is 0 Å². The molecule has 0 aliphatic rings. The fraction of sp³-hybridized carbons (Fsp3) is 0.235. The average molecular weight is 361 g/mol. The Morgan fingerprint density at radius 1 is 1.38 bits per heavy atom. The second-order valence-corrected chi connectivity index (χ2v) is 7.48. The SMILES string of the molecule is C\C=C(/C=C\C=C(/C)O)c1nc(C)sc1-c1ccnc(S(C)=O)n1. The van der Waals surface area contributed by atoms with Crippen LogP contribution in [0, 0.1) is 6.92 Å². The summed E-state index contributed by atoms with van der Waals surface area (Å²) >= 11 is 1.53. The van der Waals surface area contributed by atoms with Crippen LogP contribution in [0.2, 0.25) is 0 Å². The summed E-state index contributed by atoms with van der Waals surface area (Å²) in [5.41, 5.74) is 2.44. The highest BCUT2D eigenvalue weighted by atomic mass is 32.2. The summed E-state index contributed by atoms with van der Waals surface area (Å²) in [7, 11) is -1.24. The van der Waals surface area contributed by atoms with Crippen molar-refractivity contribution in [1.82, 2.24) is 15.0 Å². The van der Waals surface area contributed by atoms with Crippen molar-refractivity contribution in [3.8, 4) is 10.6 Å². The number of aryl methyl sites for hydroxylation is 1. The van der Waals surface area contributed by atoms with Crippen molar-refractivity contribution >= 4 is 27.7 Å². The van der Waals surface area contributed by atoms with E-state index >= 15 is 0 Å². The van der Waals surface area contributed by atoms with Gasteiger partial charge in [0.25, 0.3) is 0 Å². The zero-order valence-corrected chi connectivity index (χ0v) is 15.6. The van der Waals surface area contributed by atoms with Gasteiger partial charge in [-0.15, -0.1) is 11.3 Å². The van der Waals surface area contributed by atoms with Gasteiger partial charge in [0.2, 0.25) is 5.16 Å². The molecule has 7 heteroatoms. The van der Waals surface area contributed by atoms with Crippen LogP contribution < -0.4 is 0 Å². The molecule has 0 spiro atoms. The highest BCUT2D eigenvalue weighted by molar-refractivity contribution is 7.84. The molecule has 1 atom stereocenters. The Bertz CT molecular complexity index is 847. The first kappa shape index (κ1) is 18.2. The normalized spacial score (nSPS) is 14.3. The van der Waals surface area contributed by atoms with Gasteiger partial charge in [-0.05, 0) is 38.5 Å². The smallest absolute Gasteiger partial charge is 0.218 e. The number of thiazole rings is 1. The molecule has 2 heterocycles. The molecule has 0 amide bonds. The molecule has 1 N–H and O–H groups in total. The van der Waals surface area contributed by atoms with Crippen molar-refractivity contribution in [1.29, 1.82) is 0 Å². The molecular weight excluding hydrogens is 342 g/mol. The predicted octanol–water partition coefficient (Wildman–Crippen LogP) is 4.07. The van der Waals surface area contributed by atoms with Crippen molar-refractivity contribution in [2.75, 3.05) is 6.26 Å². The van der Waals surface area contributed by atoms with Crippen LogP contribution in [0.25, 0.3) is 16.1 Å². The zero-order chi connectivity index (χ0) is 17.7. The molecule has 0 saturated heterocycles. The first-order chi connectivity index (χ1) is 11.4. The monoisotopic (exact) mass is 361 g/mol. The van der Waals surface area contributed by atoms with E-state index < -0.39 is 10.8 Å². The van der Waals surface area contributed by atoms with Gasteiger partial charge in [0.15, 0.2) is 0 Å². The molecule has 1 unspecified atom stereocenters. The van der Waals surface area contributed by atoms with E-state index in [1.807, 2.05) is 26.0 Å². The number of nitrogens with zero attached hydrogens (tertiary/aromatic N) is 3. The molecule has 0 saturated carbocycles. The Morgan fingerprint density at radius 3 is 2.75 bits per heavy atom. The molecule has 0 radical (unpaired) electrons. The van der Waals surface area contributed by atoms with Crippen LogP contribution in [0.15, 0.2) is 47.5 Å². The molecule has 24 heavy (non-hydrogen) atoms. The van der Waals surface area contributed by atoms with Gasteiger partial charge < -0.3 is 5.11 Å². The Balaban J connectivity index is 2.51. The zero-order valence-electron chi connectivity index (χ0n) is 14.0. The maximum Gasteiger partial charge on any atom is 0.218 e. The van der Waals surface area contributed by atoms with E-state index in [0.717, 1.165) is 21.2 Å². The molecule has 0 aliphatic heterocycles. The van der Waals surface area contributed by atoms with Crippen molar-refractivity contribution in [2.45, 2.75) is 25.9 Å². The van der Waals surface area contributed by atoms with Crippen LogP contribution in [0.3, 0.4) is 0 Å². The van der Waals surface area contributed by atoms with Gasteiger partial charge >= 0.3 is 0 Å². The lowest BCUT2D eigenvalue weighted by molar-refractivity contribution is 0.414. The molecule has 5 nitrogen and oxygen atoms in total. The second-order valence-electron chi connectivity index (χ2n) is 5.00. The number of aromatic nitrogens is 3. The van der Waals surface area contributed by atoms with E-state index in [-0.39, 0.29) is 5.76 Å². The molecule has 0 bridgehead atoms. The fourth-order valence-corrected chi connectivity index (χ4v) is 3.35. The Morgan fingerprint density at radius 2 is 2.12 bits per heavy atom. The van der Waals surface area contributed by atoms with E-state index in [1.165, 1.54) is 11.3 Å². The summed E-state index contributed by atoms with van der Waals surface area (Å²) in [6, 6.07) is 1.79. The van der Waals surface area contributed by atoms with Gasteiger partial charge in [0.05, 0.1) is 37.8 Å². The Labute approximate surface area is 148 Å². The van der Waals surface area contributed by atoms with Gasteiger partial charge in [-0.1, -0.05) is 18.2 Å².